The molecule has 0 radical (unpaired) electrons. The van der Waals surface area contributed by atoms with Crippen molar-refractivity contribution in [2.45, 2.75) is 52.4 Å². The zero-order valence-electron chi connectivity index (χ0n) is 13.3. The van der Waals surface area contributed by atoms with E-state index in [1.165, 1.54) is 0 Å². The van der Waals surface area contributed by atoms with E-state index in [-0.39, 0.29) is 0 Å². The van der Waals surface area contributed by atoms with Crippen LogP contribution in [0.3, 0.4) is 0 Å². The molecule has 0 saturated carbocycles. The van der Waals surface area contributed by atoms with E-state index >= 15 is 0 Å². The van der Waals surface area contributed by atoms with E-state index in [0.717, 1.165) is 18.4 Å². The Balaban J connectivity index is 2.22. The highest BCUT2D eigenvalue weighted by Crippen LogP contribution is 2.16. The number of hydrogen-bond donors (Lipinski definition) is 2. The number of halogens is 1. The fourth-order valence-electron chi connectivity index (χ4n) is 2.46. The van der Waals surface area contributed by atoms with Gasteiger partial charge in [-0.1, -0.05) is 56.5 Å². The largest absolute Gasteiger partial charge is 0.389 e. The van der Waals surface area contributed by atoms with Crippen LogP contribution >= 0.6 is 11.6 Å². The van der Waals surface area contributed by atoms with Gasteiger partial charge in [0.15, 0.2) is 0 Å². The van der Waals surface area contributed by atoms with E-state index in [0.29, 0.717) is 36.7 Å². The predicted octanol–water partition coefficient (Wildman–Crippen LogP) is 3.63. The number of nitrogens with one attached hydrogen (secondary N) is 1. The maximum atomic E-state index is 9.95. The average Bonchev–Trinajstić information content (AvgIpc) is 2.48. The second-order valence-electron chi connectivity index (χ2n) is 5.53. The van der Waals surface area contributed by atoms with Crippen molar-refractivity contribution in [1.82, 2.24) is 5.32 Å². The molecule has 0 heterocycles. The first-order chi connectivity index (χ1) is 10.1. The van der Waals surface area contributed by atoms with E-state index < -0.39 is 6.10 Å². The molecule has 0 bridgehead atoms. The maximum absolute atomic E-state index is 9.95. The molecular formula is C17H28ClNO2. The van der Waals surface area contributed by atoms with Crippen LogP contribution in [0, 0.1) is 5.92 Å². The van der Waals surface area contributed by atoms with Gasteiger partial charge in [0.2, 0.25) is 0 Å². The topological polar surface area (TPSA) is 41.5 Å². The van der Waals surface area contributed by atoms with E-state index in [1.54, 1.807) is 0 Å². The first-order valence-electron chi connectivity index (χ1n) is 7.81. The third kappa shape index (κ3) is 6.79. The normalized spacial score (nSPS) is 14.4. The highest BCUT2D eigenvalue weighted by Gasteiger charge is 2.14. The third-order valence-electron chi connectivity index (χ3n) is 3.96. The van der Waals surface area contributed by atoms with E-state index in [1.807, 2.05) is 24.3 Å². The summed E-state index contributed by atoms with van der Waals surface area (Å²) < 4.78 is 5.53. The molecule has 0 fully saturated rings. The van der Waals surface area contributed by atoms with Crippen molar-refractivity contribution in [2.24, 2.45) is 5.92 Å². The van der Waals surface area contributed by atoms with Crippen molar-refractivity contribution in [3.05, 3.63) is 34.9 Å². The monoisotopic (exact) mass is 313 g/mol. The molecule has 1 aromatic carbocycles. The summed E-state index contributed by atoms with van der Waals surface area (Å²) in [6.45, 7) is 7.88. The van der Waals surface area contributed by atoms with Gasteiger partial charge in [-0.15, -0.1) is 0 Å². The lowest BCUT2D eigenvalue weighted by atomic mass is 9.95. The van der Waals surface area contributed by atoms with Gasteiger partial charge in [-0.05, 0) is 24.5 Å². The zero-order chi connectivity index (χ0) is 15.7. The first kappa shape index (κ1) is 18.4. The summed E-state index contributed by atoms with van der Waals surface area (Å²) in [4.78, 5) is 0. The van der Waals surface area contributed by atoms with Gasteiger partial charge in [-0.2, -0.15) is 0 Å². The van der Waals surface area contributed by atoms with Crippen molar-refractivity contribution in [3.63, 3.8) is 0 Å². The molecule has 0 aromatic heterocycles. The van der Waals surface area contributed by atoms with Crippen LogP contribution in [-0.2, 0) is 11.3 Å². The second kappa shape index (κ2) is 10.2. The summed E-state index contributed by atoms with van der Waals surface area (Å²) in [5.74, 6) is 0.654. The SMILES string of the molecule is CCC(CC)C(C)NCC(O)COCc1ccccc1Cl. The Morgan fingerprint density at radius 2 is 1.90 bits per heavy atom. The molecule has 2 atom stereocenters. The highest BCUT2D eigenvalue weighted by molar-refractivity contribution is 6.31. The van der Waals surface area contributed by atoms with Crippen LogP contribution < -0.4 is 5.32 Å². The zero-order valence-corrected chi connectivity index (χ0v) is 14.1. The van der Waals surface area contributed by atoms with Crippen molar-refractivity contribution in [1.29, 1.82) is 0 Å². The fraction of sp³-hybridized carbons (Fsp3) is 0.647. The fourth-order valence-corrected chi connectivity index (χ4v) is 2.65. The van der Waals surface area contributed by atoms with E-state index in [9.17, 15) is 5.11 Å². The lowest BCUT2D eigenvalue weighted by molar-refractivity contribution is 0.0269. The second-order valence-corrected chi connectivity index (χ2v) is 5.94. The van der Waals surface area contributed by atoms with Crippen LogP contribution in [0.25, 0.3) is 0 Å². The lowest BCUT2D eigenvalue weighted by Crippen LogP contribution is -2.39. The summed E-state index contributed by atoms with van der Waals surface area (Å²) in [7, 11) is 0. The quantitative estimate of drug-likeness (QED) is 0.693. The Morgan fingerprint density at radius 1 is 1.24 bits per heavy atom. The Hall–Kier alpha value is -0.610. The minimum absolute atomic E-state index is 0.313. The Kier molecular flexibility index (Phi) is 8.93. The summed E-state index contributed by atoms with van der Waals surface area (Å²) in [6.07, 6.45) is 1.82. The number of aliphatic hydroxyl groups excluding tert-OH is 1. The van der Waals surface area contributed by atoms with Crippen molar-refractivity contribution < 1.29 is 9.84 Å². The van der Waals surface area contributed by atoms with Crippen LogP contribution in [0.2, 0.25) is 5.02 Å². The van der Waals surface area contributed by atoms with Crippen LogP contribution in [0.4, 0.5) is 0 Å². The molecule has 1 aromatic rings. The van der Waals surface area contributed by atoms with Crippen molar-refractivity contribution in [3.8, 4) is 0 Å². The van der Waals surface area contributed by atoms with E-state index in [4.69, 9.17) is 16.3 Å². The average molecular weight is 314 g/mol. The number of aliphatic hydroxyl groups is 1. The molecule has 3 nitrogen and oxygen atoms in total. The predicted molar refractivity (Wildman–Crippen MR) is 88.7 cm³/mol. The molecule has 0 spiro atoms. The smallest absolute Gasteiger partial charge is 0.0897 e. The van der Waals surface area contributed by atoms with Crippen molar-refractivity contribution in [2.75, 3.05) is 13.2 Å². The van der Waals surface area contributed by atoms with E-state index in [2.05, 4.69) is 26.1 Å². The van der Waals surface area contributed by atoms with Gasteiger partial charge in [0.1, 0.15) is 0 Å². The van der Waals surface area contributed by atoms with Gasteiger partial charge < -0.3 is 15.2 Å². The molecule has 21 heavy (non-hydrogen) atoms. The minimum Gasteiger partial charge on any atom is -0.389 e. The Morgan fingerprint density at radius 3 is 2.52 bits per heavy atom. The lowest BCUT2D eigenvalue weighted by Gasteiger charge is -2.24. The molecular weight excluding hydrogens is 286 g/mol. The van der Waals surface area contributed by atoms with Gasteiger partial charge >= 0.3 is 0 Å². The molecule has 0 aliphatic rings. The van der Waals surface area contributed by atoms with Crippen LogP contribution in [0.5, 0.6) is 0 Å². The van der Waals surface area contributed by atoms with Gasteiger partial charge in [-0.25, -0.2) is 0 Å². The molecule has 0 aliphatic carbocycles. The van der Waals surface area contributed by atoms with Gasteiger partial charge in [-0.3, -0.25) is 0 Å². The molecule has 120 valence electrons. The minimum atomic E-state index is -0.496. The Bertz CT molecular complexity index is 396. The number of benzene rings is 1. The van der Waals surface area contributed by atoms with Gasteiger partial charge in [0.05, 0.1) is 19.3 Å². The van der Waals surface area contributed by atoms with Crippen LogP contribution in [-0.4, -0.2) is 30.4 Å². The van der Waals surface area contributed by atoms with Crippen molar-refractivity contribution >= 4 is 11.6 Å². The molecule has 4 heteroatoms. The maximum Gasteiger partial charge on any atom is 0.0897 e. The van der Waals surface area contributed by atoms with Gasteiger partial charge in [0, 0.05) is 17.6 Å². The summed E-state index contributed by atoms with van der Waals surface area (Å²) in [5, 5.41) is 14.0. The number of rotatable bonds is 10. The first-order valence-corrected chi connectivity index (χ1v) is 8.18. The molecule has 0 aliphatic heterocycles. The van der Waals surface area contributed by atoms with Crippen LogP contribution in [0.15, 0.2) is 24.3 Å². The highest BCUT2D eigenvalue weighted by atomic mass is 35.5. The standard InChI is InChI=1S/C17H28ClNO2/c1-4-14(5-2)13(3)19-10-16(20)12-21-11-15-8-6-7-9-17(15)18/h6-9,13-14,16,19-20H,4-5,10-12H2,1-3H3. The molecule has 0 amide bonds. The summed E-state index contributed by atoms with van der Waals surface area (Å²) in [5.41, 5.74) is 0.949. The third-order valence-corrected chi connectivity index (χ3v) is 4.33. The molecule has 2 N–H and O–H groups in total. The molecule has 0 saturated heterocycles. The summed E-state index contributed by atoms with van der Waals surface area (Å²) in [6, 6.07) is 8.01. The van der Waals surface area contributed by atoms with Crippen LogP contribution in [0.1, 0.15) is 39.2 Å². The summed E-state index contributed by atoms with van der Waals surface area (Å²) >= 11 is 6.05. The van der Waals surface area contributed by atoms with Gasteiger partial charge in [0.25, 0.3) is 0 Å². The molecule has 2 unspecified atom stereocenters. The molecule has 1 rings (SSSR count). The number of ether oxygens (including phenoxy) is 1. The number of hydrogen-bond acceptors (Lipinski definition) is 3. The Labute approximate surface area is 133 Å².